The fourth-order valence-electron chi connectivity index (χ4n) is 2.98. The number of likely N-dealkylation sites (tertiary alicyclic amines) is 1. The van der Waals surface area contributed by atoms with Crippen LogP contribution < -0.4 is 5.32 Å². The molecular formula is C18H22N4O2. The van der Waals surface area contributed by atoms with Crippen LogP contribution in [-0.2, 0) is 4.79 Å². The second kappa shape index (κ2) is 7.99. The normalized spacial score (nSPS) is 17.4. The monoisotopic (exact) mass is 326 g/mol. The molecule has 1 aromatic carbocycles. The Morgan fingerprint density at radius 3 is 2.50 bits per heavy atom. The average Bonchev–Trinajstić information content (AvgIpc) is 2.64. The van der Waals surface area contributed by atoms with E-state index in [2.05, 4.69) is 20.2 Å². The number of nitrogens with zero attached hydrogens (tertiary/aromatic N) is 3. The highest BCUT2D eigenvalue weighted by molar-refractivity contribution is 5.90. The van der Waals surface area contributed by atoms with Crippen molar-refractivity contribution in [3.63, 3.8) is 0 Å². The lowest BCUT2D eigenvalue weighted by Crippen LogP contribution is -2.40. The van der Waals surface area contributed by atoms with Crippen LogP contribution in [-0.4, -0.2) is 45.5 Å². The highest BCUT2D eigenvalue weighted by Crippen LogP contribution is 2.21. The first-order valence-corrected chi connectivity index (χ1v) is 8.25. The van der Waals surface area contributed by atoms with Crippen LogP contribution in [0.4, 0.5) is 5.95 Å². The van der Waals surface area contributed by atoms with Crippen molar-refractivity contribution in [2.24, 2.45) is 5.92 Å². The van der Waals surface area contributed by atoms with Crippen LogP contribution in [0.25, 0.3) is 0 Å². The van der Waals surface area contributed by atoms with Gasteiger partial charge in [-0.1, -0.05) is 30.3 Å². The largest absolute Gasteiger partial charge is 0.387 e. The Kier molecular flexibility index (Phi) is 5.51. The maximum Gasteiger partial charge on any atom is 0.229 e. The molecule has 1 aliphatic rings. The first-order chi connectivity index (χ1) is 11.7. The Bertz CT molecular complexity index is 643. The molecule has 3 rings (SSSR count). The van der Waals surface area contributed by atoms with Crippen molar-refractivity contribution >= 4 is 11.9 Å². The van der Waals surface area contributed by atoms with Gasteiger partial charge in [0.2, 0.25) is 11.9 Å². The molecule has 1 aromatic heterocycles. The number of aliphatic hydroxyl groups excluding tert-OH is 1. The maximum absolute atomic E-state index is 12.3. The molecule has 0 spiro atoms. The Labute approximate surface area is 141 Å². The van der Waals surface area contributed by atoms with E-state index < -0.39 is 6.10 Å². The Hall–Kier alpha value is -2.31. The third-order valence-corrected chi connectivity index (χ3v) is 4.37. The molecule has 6 nitrogen and oxygen atoms in total. The van der Waals surface area contributed by atoms with E-state index in [0.717, 1.165) is 31.5 Å². The third kappa shape index (κ3) is 4.37. The second-order valence-electron chi connectivity index (χ2n) is 6.06. The number of hydrogen-bond donors (Lipinski definition) is 2. The fourth-order valence-corrected chi connectivity index (χ4v) is 2.98. The van der Waals surface area contributed by atoms with Crippen LogP contribution in [0.15, 0.2) is 48.8 Å². The second-order valence-corrected chi connectivity index (χ2v) is 6.06. The number of anilines is 1. The third-order valence-electron chi connectivity index (χ3n) is 4.37. The molecule has 0 saturated carbocycles. The van der Waals surface area contributed by atoms with E-state index >= 15 is 0 Å². The number of aromatic nitrogens is 2. The molecular weight excluding hydrogens is 304 g/mol. The van der Waals surface area contributed by atoms with Crippen molar-refractivity contribution in [2.45, 2.75) is 18.9 Å². The molecule has 2 aromatic rings. The van der Waals surface area contributed by atoms with Crippen LogP contribution >= 0.6 is 0 Å². The molecule has 0 unspecified atom stereocenters. The predicted molar refractivity (Wildman–Crippen MR) is 91.2 cm³/mol. The van der Waals surface area contributed by atoms with E-state index in [1.807, 2.05) is 30.3 Å². The number of amides is 1. The van der Waals surface area contributed by atoms with Gasteiger partial charge < -0.3 is 10.0 Å². The SMILES string of the molecule is O=C(Nc1ncccn1)C1CCN(C[C@H](O)c2ccccc2)CC1. The summed E-state index contributed by atoms with van der Waals surface area (Å²) in [5, 5.41) is 13.1. The minimum Gasteiger partial charge on any atom is -0.387 e. The smallest absolute Gasteiger partial charge is 0.229 e. The standard InChI is InChI=1S/C18H22N4O2/c23-16(14-5-2-1-3-6-14)13-22-11-7-15(8-12-22)17(24)21-18-19-9-4-10-20-18/h1-6,9-10,15-16,23H,7-8,11-13H2,(H,19,20,21,24)/t16-/m0/s1. The summed E-state index contributed by atoms with van der Waals surface area (Å²) < 4.78 is 0. The minimum absolute atomic E-state index is 0.0237. The predicted octanol–water partition coefficient (Wildman–Crippen LogP) is 1.86. The molecule has 6 heteroatoms. The van der Waals surface area contributed by atoms with Gasteiger partial charge in [-0.05, 0) is 37.6 Å². The first-order valence-electron chi connectivity index (χ1n) is 8.25. The number of rotatable bonds is 5. The molecule has 2 heterocycles. The van der Waals surface area contributed by atoms with Gasteiger partial charge in [-0.25, -0.2) is 9.97 Å². The molecule has 0 bridgehead atoms. The zero-order valence-corrected chi connectivity index (χ0v) is 13.5. The lowest BCUT2D eigenvalue weighted by atomic mass is 9.95. The quantitative estimate of drug-likeness (QED) is 0.877. The van der Waals surface area contributed by atoms with E-state index in [1.165, 1.54) is 0 Å². The first kappa shape index (κ1) is 16.5. The summed E-state index contributed by atoms with van der Waals surface area (Å²) in [7, 11) is 0. The zero-order chi connectivity index (χ0) is 16.8. The number of benzene rings is 1. The number of aliphatic hydroxyl groups is 1. The van der Waals surface area contributed by atoms with Crippen molar-refractivity contribution in [1.29, 1.82) is 0 Å². The summed E-state index contributed by atoms with van der Waals surface area (Å²) in [6.45, 7) is 2.20. The van der Waals surface area contributed by atoms with Crippen molar-refractivity contribution in [3.05, 3.63) is 54.4 Å². The van der Waals surface area contributed by atoms with Gasteiger partial charge >= 0.3 is 0 Å². The number of carbonyl (C=O) groups excluding carboxylic acids is 1. The highest BCUT2D eigenvalue weighted by Gasteiger charge is 2.26. The molecule has 1 saturated heterocycles. The van der Waals surface area contributed by atoms with Crippen molar-refractivity contribution in [2.75, 3.05) is 25.0 Å². The van der Waals surface area contributed by atoms with Crippen molar-refractivity contribution < 1.29 is 9.90 Å². The lowest BCUT2D eigenvalue weighted by Gasteiger charge is -2.32. The Morgan fingerprint density at radius 1 is 1.17 bits per heavy atom. The Morgan fingerprint density at radius 2 is 1.83 bits per heavy atom. The number of carbonyl (C=O) groups is 1. The van der Waals surface area contributed by atoms with Crippen LogP contribution in [0.2, 0.25) is 0 Å². The molecule has 0 aliphatic carbocycles. The van der Waals surface area contributed by atoms with Gasteiger partial charge in [0.25, 0.3) is 0 Å². The summed E-state index contributed by atoms with van der Waals surface area (Å²) in [5.41, 5.74) is 0.929. The minimum atomic E-state index is -0.491. The van der Waals surface area contributed by atoms with Gasteiger partial charge in [0.15, 0.2) is 0 Å². The van der Waals surface area contributed by atoms with Gasteiger partial charge in [0.05, 0.1) is 6.10 Å². The number of β-amino-alcohol motifs (C(OH)–C–C–N with tert-alkyl or cyclic N) is 1. The fraction of sp³-hybridized carbons (Fsp3) is 0.389. The van der Waals surface area contributed by atoms with E-state index in [9.17, 15) is 9.90 Å². The molecule has 1 aliphatic heterocycles. The molecule has 0 radical (unpaired) electrons. The number of hydrogen-bond acceptors (Lipinski definition) is 5. The molecule has 1 atom stereocenters. The van der Waals surface area contributed by atoms with Crippen molar-refractivity contribution in [1.82, 2.24) is 14.9 Å². The number of nitrogens with one attached hydrogen (secondary N) is 1. The molecule has 1 amide bonds. The van der Waals surface area contributed by atoms with E-state index in [1.54, 1.807) is 18.5 Å². The highest BCUT2D eigenvalue weighted by atomic mass is 16.3. The zero-order valence-electron chi connectivity index (χ0n) is 13.5. The van der Waals surface area contributed by atoms with E-state index in [-0.39, 0.29) is 11.8 Å². The molecule has 1 fully saturated rings. The maximum atomic E-state index is 12.3. The van der Waals surface area contributed by atoms with E-state index in [4.69, 9.17) is 0 Å². The van der Waals surface area contributed by atoms with Crippen LogP contribution in [0.5, 0.6) is 0 Å². The van der Waals surface area contributed by atoms with Gasteiger partial charge in [0.1, 0.15) is 0 Å². The summed E-state index contributed by atoms with van der Waals surface area (Å²) in [5.74, 6) is 0.299. The summed E-state index contributed by atoms with van der Waals surface area (Å²) in [4.78, 5) is 22.5. The van der Waals surface area contributed by atoms with Crippen LogP contribution in [0.3, 0.4) is 0 Å². The molecule has 2 N–H and O–H groups in total. The van der Waals surface area contributed by atoms with Crippen LogP contribution in [0, 0.1) is 5.92 Å². The number of piperidine rings is 1. The van der Waals surface area contributed by atoms with Gasteiger partial charge in [0, 0.05) is 24.9 Å². The van der Waals surface area contributed by atoms with Crippen molar-refractivity contribution in [3.8, 4) is 0 Å². The molecule has 24 heavy (non-hydrogen) atoms. The van der Waals surface area contributed by atoms with Crippen LogP contribution in [0.1, 0.15) is 24.5 Å². The summed E-state index contributed by atoms with van der Waals surface area (Å²) >= 11 is 0. The Balaban J connectivity index is 1.46. The topological polar surface area (TPSA) is 78.4 Å². The van der Waals surface area contributed by atoms with Gasteiger partial charge in [-0.3, -0.25) is 10.1 Å². The summed E-state index contributed by atoms with van der Waals surface area (Å²) in [6.07, 6.45) is 4.28. The van der Waals surface area contributed by atoms with E-state index in [0.29, 0.717) is 12.5 Å². The average molecular weight is 326 g/mol. The molecule has 126 valence electrons. The summed E-state index contributed by atoms with van der Waals surface area (Å²) in [6, 6.07) is 11.4. The van der Waals surface area contributed by atoms with Gasteiger partial charge in [-0.15, -0.1) is 0 Å². The van der Waals surface area contributed by atoms with Gasteiger partial charge in [-0.2, -0.15) is 0 Å². The lowest BCUT2D eigenvalue weighted by molar-refractivity contribution is -0.121.